The standard InChI is InChI=1S/C46H77N7O7S/c1-11-25-51(13-3)61(59,60)50-41(58)46(27-32(46)12-2)49-38(55)34-28-45(43(9,10)44(45)23-19-24-44)29-53(34)40(57)36(42(6,7)8)48-39(56)35(31-20-15-14-16-21-31)47-37(54)33-22-17-18-26-52(33)30(4)5/h12,30-36H,2,11,13-29H2,1,3-10H3,(H,47,54)(H,48,56)(H,49,55)(H,50,58)/t32-,33-,34+,35+,36-,45-,46-/m1/s1. The number of carbonyl (C=O) groups excluding carboxylic acids is 5. The summed E-state index contributed by atoms with van der Waals surface area (Å²) in [6.45, 7) is 23.4. The molecule has 2 spiro atoms. The summed E-state index contributed by atoms with van der Waals surface area (Å²) in [5.41, 5.74) is -2.84. The van der Waals surface area contributed by atoms with Crippen molar-refractivity contribution in [3.63, 3.8) is 0 Å². The molecular weight excluding hydrogens is 795 g/mol. The number of fused-ring (bicyclic) bond motifs is 1. The first kappa shape index (κ1) is 47.4. The summed E-state index contributed by atoms with van der Waals surface area (Å²) in [6, 6.07) is -2.95. The fraction of sp³-hybridized carbons (Fsp3) is 0.848. The zero-order valence-corrected chi connectivity index (χ0v) is 39.5. The van der Waals surface area contributed by atoms with Gasteiger partial charge >= 0.3 is 10.2 Å². The molecule has 4 N–H and O–H groups in total. The highest BCUT2D eigenvalue weighted by molar-refractivity contribution is 7.87. The molecule has 14 nitrogen and oxygen atoms in total. The lowest BCUT2D eigenvalue weighted by atomic mass is 9.73. The van der Waals surface area contributed by atoms with Crippen LogP contribution in [0.2, 0.25) is 0 Å². The Morgan fingerprint density at radius 2 is 1.52 bits per heavy atom. The Hall–Kier alpha value is -3.04. The molecule has 344 valence electrons. The third-order valence-corrected chi connectivity index (χ3v) is 18.0. The lowest BCUT2D eigenvalue weighted by Gasteiger charge is -2.40. The molecule has 2 saturated heterocycles. The quantitative estimate of drug-likeness (QED) is 0.160. The molecule has 6 rings (SSSR count). The molecule has 61 heavy (non-hydrogen) atoms. The van der Waals surface area contributed by atoms with Gasteiger partial charge in [0.15, 0.2) is 0 Å². The van der Waals surface area contributed by atoms with E-state index >= 15 is 4.79 Å². The number of hydrogen-bond donors (Lipinski definition) is 4. The number of hydrogen-bond acceptors (Lipinski definition) is 8. The fourth-order valence-electron chi connectivity index (χ4n) is 12.4. The number of nitrogens with one attached hydrogen (secondary N) is 4. The van der Waals surface area contributed by atoms with Gasteiger partial charge in [0, 0.05) is 37.0 Å². The van der Waals surface area contributed by atoms with Crippen molar-refractivity contribution in [1.29, 1.82) is 0 Å². The van der Waals surface area contributed by atoms with Crippen LogP contribution in [0.25, 0.3) is 0 Å². The van der Waals surface area contributed by atoms with Gasteiger partial charge in [-0.15, -0.1) is 6.58 Å². The average Bonchev–Trinajstić information content (AvgIpc) is 3.92. The molecule has 15 heteroatoms. The second kappa shape index (κ2) is 17.5. The van der Waals surface area contributed by atoms with E-state index in [0.29, 0.717) is 19.4 Å². The minimum absolute atomic E-state index is 0.0252. The molecule has 0 aromatic heterocycles. The first-order valence-electron chi connectivity index (χ1n) is 23.5. The first-order valence-corrected chi connectivity index (χ1v) is 25.0. The zero-order chi connectivity index (χ0) is 44.9. The molecule has 0 unspecified atom stereocenters. The molecule has 7 atom stereocenters. The predicted octanol–water partition coefficient (Wildman–Crippen LogP) is 4.80. The highest BCUT2D eigenvalue weighted by Crippen LogP contribution is 2.88. The smallest absolute Gasteiger partial charge is 0.303 e. The highest BCUT2D eigenvalue weighted by Gasteiger charge is 2.85. The van der Waals surface area contributed by atoms with Crippen molar-refractivity contribution in [2.45, 2.75) is 188 Å². The second-order valence-corrected chi connectivity index (χ2v) is 23.0. The Kier molecular flexibility index (Phi) is 13.6. The third-order valence-electron chi connectivity index (χ3n) is 16.4. The largest absolute Gasteiger partial charge is 0.343 e. The maximum atomic E-state index is 15.3. The van der Waals surface area contributed by atoms with Crippen LogP contribution in [0.5, 0.6) is 0 Å². The lowest BCUT2D eigenvalue weighted by molar-refractivity contribution is -0.145. The van der Waals surface area contributed by atoms with Crippen LogP contribution in [0.3, 0.4) is 0 Å². The van der Waals surface area contributed by atoms with Gasteiger partial charge in [0.05, 0.1) is 6.04 Å². The van der Waals surface area contributed by atoms with Gasteiger partial charge in [-0.2, -0.15) is 12.7 Å². The van der Waals surface area contributed by atoms with E-state index in [0.717, 1.165) is 77.2 Å². The van der Waals surface area contributed by atoms with Crippen molar-refractivity contribution >= 4 is 39.7 Å². The van der Waals surface area contributed by atoms with E-state index in [9.17, 15) is 27.6 Å². The van der Waals surface area contributed by atoms with E-state index in [1.807, 2.05) is 27.7 Å². The normalized spacial score (nSPS) is 30.7. The maximum Gasteiger partial charge on any atom is 0.303 e. The van der Waals surface area contributed by atoms with Crippen molar-refractivity contribution in [2.24, 2.45) is 33.5 Å². The highest BCUT2D eigenvalue weighted by atomic mass is 32.2. The number of likely N-dealkylation sites (tertiary alicyclic amines) is 2. The minimum atomic E-state index is -4.18. The van der Waals surface area contributed by atoms with Crippen molar-refractivity contribution in [3.05, 3.63) is 12.7 Å². The van der Waals surface area contributed by atoms with Crippen molar-refractivity contribution < 1.29 is 32.4 Å². The summed E-state index contributed by atoms with van der Waals surface area (Å²) in [5.74, 6) is -2.82. The predicted molar refractivity (Wildman–Crippen MR) is 236 cm³/mol. The molecular formula is C46H77N7O7S. The number of rotatable bonds is 16. The number of nitrogens with zero attached hydrogens (tertiary/aromatic N) is 3. The molecule has 0 aromatic carbocycles. The molecule has 0 aromatic rings. The number of piperidine rings is 1. The topological polar surface area (TPSA) is 177 Å². The van der Waals surface area contributed by atoms with Gasteiger partial charge in [-0.3, -0.25) is 28.9 Å². The molecule has 4 aliphatic carbocycles. The van der Waals surface area contributed by atoms with Crippen molar-refractivity contribution in [3.8, 4) is 0 Å². The molecule has 2 heterocycles. The Labute approximate surface area is 366 Å². The average molecular weight is 872 g/mol. The van der Waals surface area contributed by atoms with Crippen LogP contribution in [0.4, 0.5) is 0 Å². The van der Waals surface area contributed by atoms with Gasteiger partial charge < -0.3 is 20.9 Å². The van der Waals surface area contributed by atoms with Crippen LogP contribution >= 0.6 is 0 Å². The number of amides is 5. The summed E-state index contributed by atoms with van der Waals surface area (Å²) >= 11 is 0. The van der Waals surface area contributed by atoms with E-state index in [2.05, 4.69) is 59.8 Å². The molecule has 5 amide bonds. The molecule has 2 aliphatic heterocycles. The Morgan fingerprint density at radius 1 is 0.869 bits per heavy atom. The van der Waals surface area contributed by atoms with Gasteiger partial charge in [-0.05, 0) is 100 Å². The maximum absolute atomic E-state index is 15.3. The Balaban J connectivity index is 1.28. The molecule has 6 fully saturated rings. The summed E-state index contributed by atoms with van der Waals surface area (Å²) in [6.07, 6.45) is 13.1. The third kappa shape index (κ3) is 8.42. The van der Waals surface area contributed by atoms with E-state index in [-0.39, 0.29) is 71.5 Å². The van der Waals surface area contributed by atoms with Crippen LogP contribution in [-0.4, -0.2) is 114 Å². The molecule has 0 radical (unpaired) electrons. The molecule has 6 aliphatic rings. The lowest BCUT2D eigenvalue weighted by Crippen LogP contribution is -2.63. The first-order chi connectivity index (χ1) is 28.6. The van der Waals surface area contributed by atoms with Gasteiger partial charge in [-0.25, -0.2) is 4.72 Å². The van der Waals surface area contributed by atoms with Crippen LogP contribution in [-0.2, 0) is 34.2 Å². The molecule has 0 bridgehead atoms. The van der Waals surface area contributed by atoms with Crippen LogP contribution in [0.1, 0.15) is 152 Å². The van der Waals surface area contributed by atoms with Crippen molar-refractivity contribution in [1.82, 2.24) is 34.8 Å². The van der Waals surface area contributed by atoms with E-state index < -0.39 is 57.0 Å². The van der Waals surface area contributed by atoms with E-state index in [1.54, 1.807) is 17.9 Å². The SMILES string of the molecule is C=C[C@@H]1C[C@]1(NC(=O)[C@@H]1C[C@@]2(CN1C(=O)[C@@H](NC(=O)[C@@H](NC(=O)[C@H]1CCCCN1C(C)C)C1CCCCC1)C(C)(C)C)C(C)(C)C21CCC1)C(=O)NS(=O)(=O)N(CC)CCC. The van der Waals surface area contributed by atoms with Crippen LogP contribution in [0, 0.1) is 33.5 Å². The van der Waals surface area contributed by atoms with Crippen LogP contribution < -0.4 is 20.7 Å². The van der Waals surface area contributed by atoms with Gasteiger partial charge in [0.2, 0.25) is 23.6 Å². The van der Waals surface area contributed by atoms with Gasteiger partial charge in [0.25, 0.3) is 5.91 Å². The monoisotopic (exact) mass is 872 g/mol. The summed E-state index contributed by atoms with van der Waals surface area (Å²) in [7, 11) is -4.18. The Morgan fingerprint density at radius 3 is 2.05 bits per heavy atom. The van der Waals surface area contributed by atoms with Gasteiger partial charge in [0.1, 0.15) is 23.7 Å². The molecule has 4 saturated carbocycles. The zero-order valence-electron chi connectivity index (χ0n) is 38.7. The number of carbonyl (C=O) groups is 5. The van der Waals surface area contributed by atoms with Crippen molar-refractivity contribution in [2.75, 3.05) is 26.2 Å². The summed E-state index contributed by atoms with van der Waals surface area (Å²) in [5, 5.41) is 9.33. The van der Waals surface area contributed by atoms with Gasteiger partial charge in [-0.1, -0.05) is 86.6 Å². The minimum Gasteiger partial charge on any atom is -0.343 e. The fourth-order valence-corrected chi connectivity index (χ4v) is 13.7. The summed E-state index contributed by atoms with van der Waals surface area (Å²) in [4.78, 5) is 76.8. The Bertz CT molecular complexity index is 1820. The van der Waals surface area contributed by atoms with Crippen LogP contribution in [0.15, 0.2) is 12.7 Å². The van der Waals surface area contributed by atoms with E-state index in [1.165, 1.54) is 4.31 Å². The van der Waals surface area contributed by atoms with E-state index in [4.69, 9.17) is 0 Å². The summed E-state index contributed by atoms with van der Waals surface area (Å²) < 4.78 is 30.1. The second-order valence-electron chi connectivity index (χ2n) is 21.3.